The molecular formula is C37H40BrN3O4S. The van der Waals surface area contributed by atoms with Gasteiger partial charge in [-0.05, 0) is 67.3 Å². The fraction of sp³-hybridized carbons (Fsp3) is 0.297. The lowest BCUT2D eigenvalue weighted by atomic mass is 9.94. The zero-order chi connectivity index (χ0) is 32.5. The monoisotopic (exact) mass is 701 g/mol. The number of sulfonamides is 1. The van der Waals surface area contributed by atoms with Crippen LogP contribution in [0.2, 0.25) is 0 Å². The number of carbonyl (C=O) groups is 2. The Balaban J connectivity index is 1.55. The predicted molar refractivity (Wildman–Crippen MR) is 186 cm³/mol. The van der Waals surface area contributed by atoms with Gasteiger partial charge < -0.3 is 10.2 Å². The molecule has 1 N–H and O–H groups in total. The van der Waals surface area contributed by atoms with Crippen molar-refractivity contribution in [3.63, 3.8) is 0 Å². The van der Waals surface area contributed by atoms with Crippen LogP contribution in [0, 0.1) is 6.92 Å². The fourth-order valence-corrected chi connectivity index (χ4v) is 7.75. The molecule has 0 aromatic heterocycles. The van der Waals surface area contributed by atoms with Gasteiger partial charge in [0.1, 0.15) is 12.6 Å². The number of carbonyl (C=O) groups excluding carboxylic acids is 2. The van der Waals surface area contributed by atoms with Crippen molar-refractivity contribution in [3.05, 3.63) is 130 Å². The number of rotatable bonds is 12. The normalized spacial score (nSPS) is 14.3. The van der Waals surface area contributed by atoms with Crippen molar-refractivity contribution < 1.29 is 18.0 Å². The molecule has 240 valence electrons. The van der Waals surface area contributed by atoms with Crippen LogP contribution < -0.4 is 9.62 Å². The number of amides is 2. The maximum absolute atomic E-state index is 14.6. The average Bonchev–Trinajstić information content (AvgIpc) is 3.06. The molecule has 46 heavy (non-hydrogen) atoms. The van der Waals surface area contributed by atoms with Crippen LogP contribution in [0.5, 0.6) is 0 Å². The van der Waals surface area contributed by atoms with Crippen LogP contribution in [-0.2, 0) is 32.6 Å². The minimum atomic E-state index is -4.13. The minimum absolute atomic E-state index is 0.0464. The number of nitrogens with zero attached hydrogens (tertiary/aromatic N) is 2. The molecule has 1 atom stereocenters. The van der Waals surface area contributed by atoms with Gasteiger partial charge in [0.15, 0.2) is 0 Å². The number of benzene rings is 4. The highest BCUT2D eigenvalue weighted by atomic mass is 79.9. The third-order valence-corrected chi connectivity index (χ3v) is 10.7. The third kappa shape index (κ3) is 8.65. The van der Waals surface area contributed by atoms with Crippen LogP contribution in [0.15, 0.2) is 119 Å². The molecule has 5 rings (SSSR count). The smallest absolute Gasteiger partial charge is 0.264 e. The third-order valence-electron chi connectivity index (χ3n) is 8.40. The molecule has 1 aliphatic rings. The van der Waals surface area contributed by atoms with Gasteiger partial charge in [0.2, 0.25) is 11.8 Å². The molecule has 2 amide bonds. The molecular weight excluding hydrogens is 662 g/mol. The van der Waals surface area contributed by atoms with Crippen molar-refractivity contribution in [1.82, 2.24) is 10.2 Å². The average molecular weight is 703 g/mol. The van der Waals surface area contributed by atoms with Crippen LogP contribution in [0.3, 0.4) is 0 Å². The quantitative estimate of drug-likeness (QED) is 0.172. The van der Waals surface area contributed by atoms with Crippen molar-refractivity contribution in [2.75, 3.05) is 10.8 Å². The number of aryl methyl sites for hydroxylation is 1. The van der Waals surface area contributed by atoms with Gasteiger partial charge in [0.25, 0.3) is 10.0 Å². The predicted octanol–water partition coefficient (Wildman–Crippen LogP) is 7.04. The molecule has 1 fully saturated rings. The van der Waals surface area contributed by atoms with E-state index in [9.17, 15) is 18.0 Å². The van der Waals surface area contributed by atoms with E-state index in [1.54, 1.807) is 59.5 Å². The number of hydrogen-bond acceptors (Lipinski definition) is 4. The lowest BCUT2D eigenvalue weighted by molar-refractivity contribution is -0.140. The summed E-state index contributed by atoms with van der Waals surface area (Å²) in [5, 5.41) is 3.24. The minimum Gasteiger partial charge on any atom is -0.352 e. The van der Waals surface area contributed by atoms with E-state index < -0.39 is 28.5 Å². The van der Waals surface area contributed by atoms with E-state index >= 15 is 0 Å². The number of nitrogens with one attached hydrogen (secondary N) is 1. The topological polar surface area (TPSA) is 86.8 Å². The van der Waals surface area contributed by atoms with E-state index in [-0.39, 0.29) is 29.8 Å². The summed E-state index contributed by atoms with van der Waals surface area (Å²) in [5.41, 5.74) is 3.02. The maximum Gasteiger partial charge on any atom is 0.264 e. The first-order chi connectivity index (χ1) is 22.2. The van der Waals surface area contributed by atoms with Gasteiger partial charge >= 0.3 is 0 Å². The van der Waals surface area contributed by atoms with Gasteiger partial charge in [-0.1, -0.05) is 114 Å². The lowest BCUT2D eigenvalue weighted by Crippen LogP contribution is -2.55. The van der Waals surface area contributed by atoms with E-state index in [0.717, 1.165) is 57.6 Å². The highest BCUT2D eigenvalue weighted by Gasteiger charge is 2.35. The summed E-state index contributed by atoms with van der Waals surface area (Å²) in [5.74, 6) is -0.703. The Labute approximate surface area is 280 Å². The number of anilines is 1. The summed E-state index contributed by atoms with van der Waals surface area (Å²) in [7, 11) is -4.13. The summed E-state index contributed by atoms with van der Waals surface area (Å²) in [6.07, 6.45) is 5.35. The lowest BCUT2D eigenvalue weighted by Gasteiger charge is -2.35. The van der Waals surface area contributed by atoms with E-state index in [0.29, 0.717) is 5.69 Å². The molecule has 0 aliphatic heterocycles. The zero-order valence-electron chi connectivity index (χ0n) is 26.0. The van der Waals surface area contributed by atoms with Crippen LogP contribution >= 0.6 is 15.9 Å². The summed E-state index contributed by atoms with van der Waals surface area (Å²) < 4.78 is 30.3. The SMILES string of the molecule is Cc1ccc(S(=O)(=O)N(CC(=O)N(Cc2cccc(Br)c2)C(Cc2ccccc2)C(=O)NC2CCCCC2)c2ccccc2)cc1. The van der Waals surface area contributed by atoms with Crippen molar-refractivity contribution in [3.8, 4) is 0 Å². The van der Waals surface area contributed by atoms with Gasteiger partial charge in [-0.3, -0.25) is 13.9 Å². The van der Waals surface area contributed by atoms with Gasteiger partial charge in [-0.15, -0.1) is 0 Å². The van der Waals surface area contributed by atoms with Gasteiger partial charge in [0.05, 0.1) is 10.6 Å². The Morgan fingerprint density at radius 3 is 2.11 bits per heavy atom. The Morgan fingerprint density at radius 2 is 1.46 bits per heavy atom. The van der Waals surface area contributed by atoms with E-state index in [1.165, 1.54) is 0 Å². The van der Waals surface area contributed by atoms with Crippen molar-refractivity contribution in [2.24, 2.45) is 0 Å². The number of para-hydroxylation sites is 1. The number of halogens is 1. The molecule has 1 unspecified atom stereocenters. The fourth-order valence-electron chi connectivity index (χ4n) is 5.89. The second kappa shape index (κ2) is 15.6. The summed E-state index contributed by atoms with van der Waals surface area (Å²) in [6.45, 7) is 1.54. The van der Waals surface area contributed by atoms with Crippen LogP contribution in [0.1, 0.15) is 48.8 Å². The van der Waals surface area contributed by atoms with Crippen molar-refractivity contribution >= 4 is 43.5 Å². The van der Waals surface area contributed by atoms with Gasteiger partial charge in [0, 0.05) is 23.5 Å². The summed E-state index contributed by atoms with van der Waals surface area (Å²) in [6, 6.07) is 31.6. The Morgan fingerprint density at radius 1 is 0.826 bits per heavy atom. The highest BCUT2D eigenvalue weighted by molar-refractivity contribution is 9.10. The molecule has 0 radical (unpaired) electrons. The first kappa shape index (κ1) is 33.4. The Kier molecular flexibility index (Phi) is 11.3. The summed E-state index contributed by atoms with van der Waals surface area (Å²) >= 11 is 3.53. The molecule has 4 aromatic rings. The highest BCUT2D eigenvalue weighted by Crippen LogP contribution is 2.26. The van der Waals surface area contributed by atoms with Crippen molar-refractivity contribution in [1.29, 1.82) is 0 Å². The molecule has 0 spiro atoms. The van der Waals surface area contributed by atoms with E-state index in [4.69, 9.17) is 0 Å². The van der Waals surface area contributed by atoms with E-state index in [2.05, 4.69) is 21.2 Å². The first-order valence-corrected chi connectivity index (χ1v) is 18.0. The summed E-state index contributed by atoms with van der Waals surface area (Å²) in [4.78, 5) is 30.4. The second-order valence-corrected chi connectivity index (χ2v) is 14.6. The van der Waals surface area contributed by atoms with Gasteiger partial charge in [-0.25, -0.2) is 8.42 Å². The zero-order valence-corrected chi connectivity index (χ0v) is 28.4. The molecule has 0 bridgehead atoms. The van der Waals surface area contributed by atoms with Crippen molar-refractivity contribution in [2.45, 2.75) is 69.0 Å². The molecule has 0 saturated heterocycles. The standard InChI is InChI=1S/C37H40BrN3O4S/c1-28-20-22-34(23-21-28)46(44,45)41(33-18-9-4-10-19-33)27-36(42)40(26-30-14-11-15-31(38)24-30)35(25-29-12-5-2-6-13-29)37(43)39-32-16-7-3-8-17-32/h2,4-6,9-15,18-24,32,35H,3,7-8,16-17,25-27H2,1H3,(H,39,43). The first-order valence-electron chi connectivity index (χ1n) is 15.7. The molecule has 9 heteroatoms. The molecule has 4 aromatic carbocycles. The molecule has 1 aliphatic carbocycles. The molecule has 1 saturated carbocycles. The maximum atomic E-state index is 14.6. The van der Waals surface area contributed by atoms with Crippen LogP contribution in [0.4, 0.5) is 5.69 Å². The molecule has 7 nitrogen and oxygen atoms in total. The molecule has 0 heterocycles. The second-order valence-electron chi connectivity index (χ2n) is 11.9. The van der Waals surface area contributed by atoms with Gasteiger partial charge in [-0.2, -0.15) is 0 Å². The van der Waals surface area contributed by atoms with Crippen LogP contribution in [-0.4, -0.2) is 43.8 Å². The number of hydrogen-bond donors (Lipinski definition) is 1. The van der Waals surface area contributed by atoms with Crippen LogP contribution in [0.25, 0.3) is 0 Å². The largest absolute Gasteiger partial charge is 0.352 e. The van der Waals surface area contributed by atoms with E-state index in [1.807, 2.05) is 61.5 Å². The Bertz CT molecular complexity index is 1710. The Hall–Kier alpha value is -3.95.